The van der Waals surface area contributed by atoms with Gasteiger partial charge in [-0.1, -0.05) is 30.3 Å². The van der Waals surface area contributed by atoms with E-state index in [0.29, 0.717) is 12.6 Å². The van der Waals surface area contributed by atoms with Crippen molar-refractivity contribution in [2.45, 2.75) is 38.5 Å². The number of nitrogens with one attached hydrogen (secondary N) is 2. The van der Waals surface area contributed by atoms with Crippen molar-refractivity contribution in [3.05, 3.63) is 47.5 Å². The Balaban J connectivity index is 1.48. The molecule has 3 rings (SSSR count). The van der Waals surface area contributed by atoms with E-state index in [1.165, 1.54) is 5.56 Å². The molecule has 1 atom stereocenters. The summed E-state index contributed by atoms with van der Waals surface area (Å²) >= 11 is 0. The smallest absolute Gasteiger partial charge is 0.191 e. The van der Waals surface area contributed by atoms with Crippen molar-refractivity contribution in [3.8, 4) is 0 Å². The van der Waals surface area contributed by atoms with Crippen molar-refractivity contribution in [3.63, 3.8) is 0 Å². The van der Waals surface area contributed by atoms with E-state index in [2.05, 4.69) is 50.0 Å². The summed E-state index contributed by atoms with van der Waals surface area (Å²) in [4.78, 5) is 8.84. The van der Waals surface area contributed by atoms with Crippen LogP contribution in [0.2, 0.25) is 0 Å². The lowest BCUT2D eigenvalue weighted by molar-refractivity contribution is 0.177. The van der Waals surface area contributed by atoms with E-state index in [4.69, 9.17) is 4.74 Å². The minimum atomic E-state index is 0.299. The number of aryl methyl sites for hydroxylation is 1. The predicted molar refractivity (Wildman–Crippen MR) is 97.5 cm³/mol. The molecule has 0 amide bonds. The van der Waals surface area contributed by atoms with Gasteiger partial charge in [0.1, 0.15) is 12.4 Å². The molecule has 0 radical (unpaired) electrons. The maximum Gasteiger partial charge on any atom is 0.191 e. The number of fused-ring (bicyclic) bond motifs is 1. The molecule has 1 aromatic carbocycles. The van der Waals surface area contributed by atoms with Crippen LogP contribution in [0.25, 0.3) is 0 Å². The third-order valence-electron chi connectivity index (χ3n) is 4.29. The van der Waals surface area contributed by atoms with Gasteiger partial charge in [-0.05, 0) is 18.4 Å². The van der Waals surface area contributed by atoms with Gasteiger partial charge in [0.15, 0.2) is 11.8 Å². The number of guanidine groups is 1. The van der Waals surface area contributed by atoms with Crippen molar-refractivity contribution in [2.75, 3.05) is 20.7 Å². The molecule has 0 saturated carbocycles. The summed E-state index contributed by atoms with van der Waals surface area (Å²) in [5, 5.41) is 11.4. The number of hydrogen-bond acceptors (Lipinski definition) is 4. The van der Waals surface area contributed by atoms with Crippen molar-refractivity contribution < 1.29 is 4.74 Å². The minimum Gasteiger partial charge on any atom is -0.377 e. The van der Waals surface area contributed by atoms with Gasteiger partial charge >= 0.3 is 0 Å². The van der Waals surface area contributed by atoms with Gasteiger partial charge in [0.25, 0.3) is 0 Å². The molecular formula is C18H26N6O. The Morgan fingerprint density at radius 3 is 2.96 bits per heavy atom. The highest BCUT2D eigenvalue weighted by Gasteiger charge is 2.22. The van der Waals surface area contributed by atoms with Gasteiger partial charge in [-0.2, -0.15) is 5.10 Å². The molecular weight excluding hydrogens is 316 g/mol. The van der Waals surface area contributed by atoms with E-state index in [0.717, 1.165) is 50.0 Å². The Morgan fingerprint density at radius 1 is 1.36 bits per heavy atom. The quantitative estimate of drug-likeness (QED) is 0.608. The molecule has 1 aliphatic heterocycles. The second kappa shape index (κ2) is 8.62. The molecule has 2 aromatic rings. The average Bonchev–Trinajstić information content (AvgIpc) is 3.03. The summed E-state index contributed by atoms with van der Waals surface area (Å²) in [5.74, 6) is 2.63. The molecule has 0 bridgehead atoms. The number of aliphatic imine (C=N–C) groups is 1. The fraction of sp³-hybridized carbons (Fsp3) is 0.500. The Kier molecular flexibility index (Phi) is 6.00. The van der Waals surface area contributed by atoms with Crippen LogP contribution in [0.4, 0.5) is 0 Å². The van der Waals surface area contributed by atoms with Crippen LogP contribution in [0.5, 0.6) is 0 Å². The number of benzene rings is 1. The minimum absolute atomic E-state index is 0.299. The fourth-order valence-electron chi connectivity index (χ4n) is 3.03. The summed E-state index contributed by atoms with van der Waals surface area (Å²) in [7, 11) is 3.47. The molecule has 0 fully saturated rings. The number of rotatable bonds is 6. The number of aromatic nitrogens is 3. The first kappa shape index (κ1) is 17.4. The van der Waals surface area contributed by atoms with E-state index in [-0.39, 0.29) is 0 Å². The Hall–Kier alpha value is -2.41. The van der Waals surface area contributed by atoms with E-state index >= 15 is 0 Å². The molecule has 7 nitrogen and oxygen atoms in total. The van der Waals surface area contributed by atoms with Crippen molar-refractivity contribution in [1.82, 2.24) is 25.4 Å². The zero-order chi connectivity index (χ0) is 17.5. The zero-order valence-corrected chi connectivity index (χ0v) is 14.9. The molecule has 0 saturated heterocycles. The second-order valence-electron chi connectivity index (χ2n) is 6.17. The van der Waals surface area contributed by atoms with Crippen molar-refractivity contribution >= 4 is 5.96 Å². The van der Waals surface area contributed by atoms with Crippen LogP contribution in [0.15, 0.2) is 35.3 Å². The van der Waals surface area contributed by atoms with Crippen LogP contribution >= 0.6 is 0 Å². The fourth-order valence-corrected chi connectivity index (χ4v) is 3.03. The highest BCUT2D eigenvalue weighted by Crippen LogP contribution is 2.13. The molecule has 1 aromatic heterocycles. The third kappa shape index (κ3) is 4.79. The zero-order valence-electron chi connectivity index (χ0n) is 14.9. The van der Waals surface area contributed by atoms with Gasteiger partial charge in [-0.15, -0.1) is 0 Å². The molecule has 25 heavy (non-hydrogen) atoms. The van der Waals surface area contributed by atoms with Crippen LogP contribution in [0.1, 0.15) is 23.6 Å². The third-order valence-corrected chi connectivity index (χ3v) is 4.29. The van der Waals surface area contributed by atoms with Gasteiger partial charge in [-0.3, -0.25) is 4.99 Å². The largest absolute Gasteiger partial charge is 0.377 e. The van der Waals surface area contributed by atoms with Crippen LogP contribution in [0.3, 0.4) is 0 Å². The maximum absolute atomic E-state index is 5.11. The molecule has 1 unspecified atom stereocenters. The lowest BCUT2D eigenvalue weighted by Gasteiger charge is -2.25. The average molecular weight is 342 g/mol. The monoisotopic (exact) mass is 342 g/mol. The number of hydrogen-bond donors (Lipinski definition) is 2. The van der Waals surface area contributed by atoms with Gasteiger partial charge in [0, 0.05) is 33.2 Å². The summed E-state index contributed by atoms with van der Waals surface area (Å²) in [5.41, 5.74) is 1.32. The lowest BCUT2D eigenvalue weighted by Crippen LogP contribution is -2.47. The first-order chi connectivity index (χ1) is 12.3. The van der Waals surface area contributed by atoms with E-state index in [1.807, 2.05) is 10.7 Å². The van der Waals surface area contributed by atoms with Crippen molar-refractivity contribution in [2.24, 2.45) is 4.99 Å². The molecule has 1 aliphatic rings. The van der Waals surface area contributed by atoms with Crippen LogP contribution in [0, 0.1) is 0 Å². The predicted octanol–water partition coefficient (Wildman–Crippen LogP) is 1.15. The molecule has 0 spiro atoms. The molecule has 134 valence electrons. The highest BCUT2D eigenvalue weighted by atomic mass is 16.5. The van der Waals surface area contributed by atoms with E-state index in [9.17, 15) is 0 Å². The molecule has 7 heteroatoms. The summed E-state index contributed by atoms with van der Waals surface area (Å²) in [6.45, 7) is 2.11. The second-order valence-corrected chi connectivity index (χ2v) is 6.17. The maximum atomic E-state index is 5.11. The first-order valence-corrected chi connectivity index (χ1v) is 8.71. The number of nitrogens with zero attached hydrogens (tertiary/aromatic N) is 4. The van der Waals surface area contributed by atoms with Gasteiger partial charge in [-0.25, -0.2) is 9.67 Å². The van der Waals surface area contributed by atoms with Crippen molar-refractivity contribution in [1.29, 1.82) is 0 Å². The van der Waals surface area contributed by atoms with E-state index < -0.39 is 0 Å². The summed E-state index contributed by atoms with van der Waals surface area (Å²) < 4.78 is 7.09. The standard InChI is InChI=1S/C18H26N6O/c1-19-18(20-11-10-14-6-4-3-5-7-14)21-15-8-9-17-22-16(13-25-2)23-24(17)12-15/h3-7,15H,8-13H2,1-2H3,(H2,19,20,21). The summed E-state index contributed by atoms with van der Waals surface area (Å²) in [6.07, 6.45) is 2.90. The Labute approximate surface area is 148 Å². The molecule has 2 N–H and O–H groups in total. The molecule has 2 heterocycles. The molecule has 0 aliphatic carbocycles. The Bertz CT molecular complexity index is 697. The highest BCUT2D eigenvalue weighted by molar-refractivity contribution is 5.79. The topological polar surface area (TPSA) is 76.4 Å². The first-order valence-electron chi connectivity index (χ1n) is 8.71. The SMILES string of the molecule is CN=C(NCCc1ccccc1)NC1CCc2nc(COC)nn2C1. The van der Waals surface area contributed by atoms with Crippen LogP contribution in [-0.2, 0) is 30.7 Å². The van der Waals surface area contributed by atoms with Crippen LogP contribution in [-0.4, -0.2) is 47.5 Å². The van der Waals surface area contributed by atoms with Gasteiger partial charge in [0.05, 0.1) is 6.54 Å². The Morgan fingerprint density at radius 2 is 2.20 bits per heavy atom. The number of methoxy groups -OCH3 is 1. The number of ether oxygens (including phenoxy) is 1. The normalized spacial score (nSPS) is 17.2. The van der Waals surface area contributed by atoms with Gasteiger partial charge < -0.3 is 15.4 Å². The summed E-state index contributed by atoms with van der Waals surface area (Å²) in [6, 6.07) is 10.8. The van der Waals surface area contributed by atoms with Crippen LogP contribution < -0.4 is 10.6 Å². The lowest BCUT2D eigenvalue weighted by atomic mass is 10.1. The van der Waals surface area contributed by atoms with Gasteiger partial charge in [0.2, 0.25) is 0 Å². The van der Waals surface area contributed by atoms with E-state index in [1.54, 1.807) is 14.2 Å².